The van der Waals surface area contributed by atoms with Crippen LogP contribution >= 0.6 is 0 Å². The van der Waals surface area contributed by atoms with Gasteiger partial charge in [0.05, 0.1) is 6.21 Å². The largest absolute Gasteiger partial charge is 0.372 e. The molecule has 0 radical (unpaired) electrons. The summed E-state index contributed by atoms with van der Waals surface area (Å²) in [7, 11) is 0. The van der Waals surface area contributed by atoms with Gasteiger partial charge in [-0.2, -0.15) is 5.10 Å². The first-order valence-electron chi connectivity index (χ1n) is 9.38. The molecule has 3 heteroatoms. The zero-order valence-electron chi connectivity index (χ0n) is 15.9. The van der Waals surface area contributed by atoms with Gasteiger partial charge in [-0.1, -0.05) is 72.8 Å². The van der Waals surface area contributed by atoms with Crippen molar-refractivity contribution in [1.29, 1.82) is 0 Å². The molecule has 0 aliphatic rings. The first-order valence-corrected chi connectivity index (χ1v) is 9.38. The summed E-state index contributed by atoms with van der Waals surface area (Å²) in [5.41, 5.74) is 5.24. The monoisotopic (exact) mass is 355 g/mol. The summed E-state index contributed by atoms with van der Waals surface area (Å²) >= 11 is 0. The SMILES string of the molecule is CCN(CC)c1ccc(/C=N/N=C(c2ccccc2)c2ccccc2)cc1. The van der Waals surface area contributed by atoms with Crippen molar-refractivity contribution >= 4 is 17.6 Å². The molecule has 0 aromatic heterocycles. The van der Waals surface area contributed by atoms with Crippen LogP contribution in [0.4, 0.5) is 5.69 Å². The molecule has 27 heavy (non-hydrogen) atoms. The van der Waals surface area contributed by atoms with Crippen molar-refractivity contribution < 1.29 is 0 Å². The molecule has 0 saturated heterocycles. The zero-order chi connectivity index (χ0) is 18.9. The number of benzene rings is 3. The molecule has 0 heterocycles. The highest BCUT2D eigenvalue weighted by Gasteiger charge is 2.06. The highest BCUT2D eigenvalue weighted by atomic mass is 15.2. The molecule has 0 N–H and O–H groups in total. The summed E-state index contributed by atoms with van der Waals surface area (Å²) in [6, 6.07) is 28.7. The predicted molar refractivity (Wildman–Crippen MR) is 116 cm³/mol. The Morgan fingerprint density at radius 1 is 0.741 bits per heavy atom. The average Bonchev–Trinajstić information content (AvgIpc) is 2.74. The molecule has 0 aliphatic carbocycles. The summed E-state index contributed by atoms with van der Waals surface area (Å²) in [6.45, 7) is 6.35. The van der Waals surface area contributed by atoms with E-state index in [1.807, 2.05) is 36.4 Å². The standard InChI is InChI=1S/C24H25N3/c1-3-27(4-2)23-17-15-20(16-18-23)19-25-26-24(21-11-7-5-8-12-21)22-13-9-6-10-14-22/h5-19H,3-4H2,1-2H3/b25-19+. The molecule has 3 nitrogen and oxygen atoms in total. The van der Waals surface area contributed by atoms with E-state index in [2.05, 4.69) is 77.5 Å². The van der Waals surface area contributed by atoms with Crippen LogP contribution in [0.1, 0.15) is 30.5 Å². The van der Waals surface area contributed by atoms with Gasteiger partial charge in [0, 0.05) is 29.9 Å². The maximum Gasteiger partial charge on any atom is 0.100 e. The Balaban J connectivity index is 1.84. The van der Waals surface area contributed by atoms with Crippen LogP contribution in [0.15, 0.2) is 95.1 Å². The fraction of sp³-hybridized carbons (Fsp3) is 0.167. The Morgan fingerprint density at radius 3 is 1.74 bits per heavy atom. The Morgan fingerprint density at radius 2 is 1.26 bits per heavy atom. The van der Waals surface area contributed by atoms with Crippen LogP contribution in [0, 0.1) is 0 Å². The van der Waals surface area contributed by atoms with Crippen LogP contribution in [0.2, 0.25) is 0 Å². The highest BCUT2D eigenvalue weighted by molar-refractivity contribution is 6.12. The second-order valence-corrected chi connectivity index (χ2v) is 6.19. The third-order valence-electron chi connectivity index (χ3n) is 4.48. The first-order chi connectivity index (χ1) is 13.3. The van der Waals surface area contributed by atoms with Crippen molar-refractivity contribution in [3.63, 3.8) is 0 Å². The minimum absolute atomic E-state index is 0.868. The predicted octanol–water partition coefficient (Wildman–Crippen LogP) is 5.40. The lowest BCUT2D eigenvalue weighted by Crippen LogP contribution is -2.21. The summed E-state index contributed by atoms with van der Waals surface area (Å²) in [6.07, 6.45) is 1.80. The molecular weight excluding hydrogens is 330 g/mol. The highest BCUT2D eigenvalue weighted by Crippen LogP contribution is 2.14. The van der Waals surface area contributed by atoms with Gasteiger partial charge in [0.25, 0.3) is 0 Å². The van der Waals surface area contributed by atoms with Crippen molar-refractivity contribution in [2.45, 2.75) is 13.8 Å². The van der Waals surface area contributed by atoms with E-state index >= 15 is 0 Å². The van der Waals surface area contributed by atoms with E-state index in [0.29, 0.717) is 0 Å². The Hall–Kier alpha value is -3.20. The number of anilines is 1. The van der Waals surface area contributed by atoms with Crippen LogP contribution < -0.4 is 4.90 Å². The van der Waals surface area contributed by atoms with Crippen LogP contribution in [0.5, 0.6) is 0 Å². The normalized spacial score (nSPS) is 10.7. The van der Waals surface area contributed by atoms with E-state index in [-0.39, 0.29) is 0 Å². The lowest BCUT2D eigenvalue weighted by molar-refractivity contribution is 0.866. The van der Waals surface area contributed by atoms with Crippen molar-refractivity contribution in [2.24, 2.45) is 10.2 Å². The number of nitrogens with zero attached hydrogens (tertiary/aromatic N) is 3. The molecule has 3 aromatic rings. The minimum Gasteiger partial charge on any atom is -0.372 e. The van der Waals surface area contributed by atoms with E-state index in [1.165, 1.54) is 5.69 Å². The molecule has 3 aromatic carbocycles. The molecule has 0 unspecified atom stereocenters. The van der Waals surface area contributed by atoms with Crippen LogP contribution in [0.3, 0.4) is 0 Å². The maximum absolute atomic E-state index is 4.53. The lowest BCUT2D eigenvalue weighted by atomic mass is 10.0. The summed E-state index contributed by atoms with van der Waals surface area (Å²) < 4.78 is 0. The van der Waals surface area contributed by atoms with Gasteiger partial charge in [0.2, 0.25) is 0 Å². The van der Waals surface area contributed by atoms with E-state index in [9.17, 15) is 0 Å². The maximum atomic E-state index is 4.53. The van der Waals surface area contributed by atoms with Gasteiger partial charge in [-0.25, -0.2) is 0 Å². The van der Waals surface area contributed by atoms with Gasteiger partial charge < -0.3 is 4.90 Å². The number of rotatable bonds is 7. The number of hydrogen-bond acceptors (Lipinski definition) is 3. The second-order valence-electron chi connectivity index (χ2n) is 6.19. The smallest absolute Gasteiger partial charge is 0.100 e. The van der Waals surface area contributed by atoms with Gasteiger partial charge in [-0.15, -0.1) is 5.10 Å². The van der Waals surface area contributed by atoms with Crippen molar-refractivity contribution in [2.75, 3.05) is 18.0 Å². The van der Waals surface area contributed by atoms with E-state index in [1.54, 1.807) is 6.21 Å². The molecule has 0 spiro atoms. The quantitative estimate of drug-likeness (QED) is 0.412. The fourth-order valence-electron chi connectivity index (χ4n) is 2.99. The molecule has 0 saturated carbocycles. The van der Waals surface area contributed by atoms with E-state index in [4.69, 9.17) is 0 Å². The summed E-state index contributed by atoms with van der Waals surface area (Å²) in [5.74, 6) is 0. The van der Waals surface area contributed by atoms with E-state index in [0.717, 1.165) is 35.5 Å². The fourth-order valence-corrected chi connectivity index (χ4v) is 2.99. The van der Waals surface area contributed by atoms with Gasteiger partial charge in [0.1, 0.15) is 5.71 Å². The first kappa shape index (κ1) is 18.6. The molecule has 0 aliphatic heterocycles. The Kier molecular flexibility index (Phi) is 6.53. The van der Waals surface area contributed by atoms with Crippen LogP contribution in [0.25, 0.3) is 0 Å². The minimum atomic E-state index is 0.868. The molecular formula is C24H25N3. The second kappa shape index (κ2) is 9.48. The Bertz CT molecular complexity index is 836. The van der Waals surface area contributed by atoms with E-state index < -0.39 is 0 Å². The van der Waals surface area contributed by atoms with Gasteiger partial charge in [0.15, 0.2) is 0 Å². The molecule has 0 fully saturated rings. The average molecular weight is 355 g/mol. The summed E-state index contributed by atoms with van der Waals surface area (Å²) in [4.78, 5) is 2.32. The number of hydrogen-bond donors (Lipinski definition) is 0. The van der Waals surface area contributed by atoms with Crippen LogP contribution in [-0.2, 0) is 0 Å². The van der Waals surface area contributed by atoms with Crippen LogP contribution in [-0.4, -0.2) is 25.0 Å². The third kappa shape index (κ3) is 4.91. The van der Waals surface area contributed by atoms with Gasteiger partial charge in [-0.3, -0.25) is 0 Å². The Labute approximate surface area is 161 Å². The van der Waals surface area contributed by atoms with Crippen molar-refractivity contribution in [1.82, 2.24) is 0 Å². The summed E-state index contributed by atoms with van der Waals surface area (Å²) in [5, 5.41) is 8.88. The van der Waals surface area contributed by atoms with Crippen molar-refractivity contribution in [3.8, 4) is 0 Å². The topological polar surface area (TPSA) is 28.0 Å². The molecule has 0 bridgehead atoms. The van der Waals surface area contributed by atoms with Gasteiger partial charge >= 0.3 is 0 Å². The van der Waals surface area contributed by atoms with Gasteiger partial charge in [-0.05, 0) is 31.5 Å². The third-order valence-corrected chi connectivity index (χ3v) is 4.48. The molecule has 3 rings (SSSR count). The molecule has 0 amide bonds. The lowest BCUT2D eigenvalue weighted by Gasteiger charge is -2.20. The molecule has 136 valence electrons. The van der Waals surface area contributed by atoms with Crippen molar-refractivity contribution in [3.05, 3.63) is 102 Å². The molecule has 0 atom stereocenters. The zero-order valence-corrected chi connectivity index (χ0v) is 15.9.